The highest BCUT2D eigenvalue weighted by Crippen LogP contribution is 2.14. The number of ether oxygens (including phenoxy) is 2. The summed E-state index contributed by atoms with van der Waals surface area (Å²) in [5, 5.41) is 14.2. The second-order valence-electron chi connectivity index (χ2n) is 4.83. The van der Waals surface area contributed by atoms with E-state index in [0.717, 1.165) is 6.42 Å². The highest BCUT2D eigenvalue weighted by Gasteiger charge is 2.08. The van der Waals surface area contributed by atoms with Crippen LogP contribution in [0.15, 0.2) is 24.3 Å². The predicted octanol–water partition coefficient (Wildman–Crippen LogP) is 1.04. The zero-order valence-electron chi connectivity index (χ0n) is 13.4. The second-order valence-corrected chi connectivity index (χ2v) is 4.83. The highest BCUT2D eigenvalue weighted by atomic mass is 16.5. The first-order valence-electron chi connectivity index (χ1n) is 7.49. The molecule has 8 nitrogen and oxygen atoms in total. The molecule has 1 amide bonds. The smallest absolute Gasteiger partial charge is 0.251 e. The van der Waals surface area contributed by atoms with Crippen LogP contribution in [0.1, 0.15) is 29.5 Å². The van der Waals surface area contributed by atoms with E-state index in [1.807, 2.05) is 6.92 Å². The zero-order valence-corrected chi connectivity index (χ0v) is 13.4. The van der Waals surface area contributed by atoms with E-state index in [1.165, 1.54) is 0 Å². The van der Waals surface area contributed by atoms with Gasteiger partial charge in [0.2, 0.25) is 0 Å². The summed E-state index contributed by atoms with van der Waals surface area (Å²) in [6, 6.07) is 7.02. The van der Waals surface area contributed by atoms with Crippen LogP contribution >= 0.6 is 0 Å². The number of nitrogens with one attached hydrogen (secondary N) is 1. The molecule has 0 atom stereocenters. The Kier molecular flexibility index (Phi) is 6.49. The molecule has 1 aromatic heterocycles. The van der Waals surface area contributed by atoms with E-state index in [4.69, 9.17) is 9.47 Å². The van der Waals surface area contributed by atoms with Gasteiger partial charge in [-0.1, -0.05) is 6.07 Å². The predicted molar refractivity (Wildman–Crippen MR) is 83.1 cm³/mol. The number of tetrazole rings is 1. The number of carbonyl (C=O) groups is 1. The van der Waals surface area contributed by atoms with Crippen molar-refractivity contribution in [2.75, 3.05) is 20.3 Å². The van der Waals surface area contributed by atoms with Crippen LogP contribution in [-0.2, 0) is 17.9 Å². The number of benzene rings is 1. The van der Waals surface area contributed by atoms with Gasteiger partial charge >= 0.3 is 0 Å². The van der Waals surface area contributed by atoms with Crippen molar-refractivity contribution in [2.45, 2.75) is 26.5 Å². The van der Waals surface area contributed by atoms with Crippen LogP contribution in [0.4, 0.5) is 0 Å². The van der Waals surface area contributed by atoms with Crippen molar-refractivity contribution in [3.63, 3.8) is 0 Å². The Morgan fingerprint density at radius 3 is 3.04 bits per heavy atom. The van der Waals surface area contributed by atoms with Gasteiger partial charge in [0.15, 0.2) is 5.82 Å². The van der Waals surface area contributed by atoms with Gasteiger partial charge in [0.05, 0.1) is 0 Å². The van der Waals surface area contributed by atoms with Crippen molar-refractivity contribution in [3.8, 4) is 5.75 Å². The van der Waals surface area contributed by atoms with E-state index < -0.39 is 0 Å². The fourth-order valence-corrected chi connectivity index (χ4v) is 1.97. The van der Waals surface area contributed by atoms with E-state index in [9.17, 15) is 4.79 Å². The molecule has 0 saturated heterocycles. The number of nitrogens with zero attached hydrogens (tertiary/aromatic N) is 4. The molecule has 0 unspecified atom stereocenters. The highest BCUT2D eigenvalue weighted by molar-refractivity contribution is 5.94. The number of amides is 1. The third-order valence-corrected chi connectivity index (χ3v) is 3.18. The molecule has 1 N–H and O–H groups in total. The lowest BCUT2D eigenvalue weighted by atomic mass is 10.2. The number of hydrogen-bond acceptors (Lipinski definition) is 6. The normalized spacial score (nSPS) is 10.5. The molecule has 0 aliphatic rings. The van der Waals surface area contributed by atoms with Crippen LogP contribution in [-0.4, -0.2) is 46.4 Å². The number of aryl methyl sites for hydroxylation is 1. The minimum atomic E-state index is -0.134. The maximum absolute atomic E-state index is 12.0. The lowest BCUT2D eigenvalue weighted by Crippen LogP contribution is -2.25. The van der Waals surface area contributed by atoms with Crippen LogP contribution < -0.4 is 10.1 Å². The molecule has 0 bridgehead atoms. The van der Waals surface area contributed by atoms with E-state index >= 15 is 0 Å². The quantitative estimate of drug-likeness (QED) is 0.694. The zero-order chi connectivity index (χ0) is 16.5. The lowest BCUT2D eigenvalue weighted by molar-refractivity contribution is 0.0948. The minimum Gasteiger partial charge on any atom is -0.486 e. The molecule has 0 aliphatic carbocycles. The molecule has 23 heavy (non-hydrogen) atoms. The summed E-state index contributed by atoms with van der Waals surface area (Å²) in [5.41, 5.74) is 0.551. The first-order chi connectivity index (χ1) is 11.2. The van der Waals surface area contributed by atoms with Gasteiger partial charge in [0.25, 0.3) is 5.91 Å². The van der Waals surface area contributed by atoms with Gasteiger partial charge in [-0.2, -0.15) is 0 Å². The Morgan fingerprint density at radius 2 is 2.26 bits per heavy atom. The van der Waals surface area contributed by atoms with Gasteiger partial charge in [0, 0.05) is 32.4 Å². The van der Waals surface area contributed by atoms with E-state index in [2.05, 4.69) is 20.8 Å². The van der Waals surface area contributed by atoms with Gasteiger partial charge < -0.3 is 14.8 Å². The standard InChI is InChI=1S/C15H21N5O3/c1-3-20-14(17-18-19-20)11-23-13-7-4-6-12(10-13)15(21)16-8-5-9-22-2/h4,6-7,10H,3,5,8-9,11H2,1-2H3,(H,16,21). The Morgan fingerprint density at radius 1 is 1.39 bits per heavy atom. The lowest BCUT2D eigenvalue weighted by Gasteiger charge is -2.08. The topological polar surface area (TPSA) is 91.2 Å². The average molecular weight is 319 g/mol. The Bertz CT molecular complexity index is 629. The van der Waals surface area contributed by atoms with Crippen LogP contribution in [0.3, 0.4) is 0 Å². The number of carbonyl (C=O) groups excluding carboxylic acids is 1. The third-order valence-electron chi connectivity index (χ3n) is 3.18. The Labute approximate surface area is 134 Å². The number of hydrogen-bond donors (Lipinski definition) is 1. The van der Waals surface area contributed by atoms with Crippen molar-refractivity contribution < 1.29 is 14.3 Å². The third kappa shape index (κ3) is 5.03. The molecular weight excluding hydrogens is 298 g/mol. The molecular formula is C15H21N5O3. The number of methoxy groups -OCH3 is 1. The molecule has 124 valence electrons. The summed E-state index contributed by atoms with van der Waals surface area (Å²) >= 11 is 0. The monoisotopic (exact) mass is 319 g/mol. The van der Waals surface area contributed by atoms with E-state index in [1.54, 1.807) is 36.1 Å². The fraction of sp³-hybridized carbons (Fsp3) is 0.467. The molecule has 2 aromatic rings. The molecule has 0 fully saturated rings. The first kappa shape index (κ1) is 16.9. The molecule has 1 aromatic carbocycles. The van der Waals surface area contributed by atoms with Crippen LogP contribution in [0.25, 0.3) is 0 Å². The SMILES string of the molecule is CCn1nnnc1COc1cccc(C(=O)NCCCOC)c1. The molecule has 0 aliphatic heterocycles. The molecule has 1 heterocycles. The van der Waals surface area contributed by atoms with Gasteiger partial charge in [-0.15, -0.1) is 5.10 Å². The summed E-state index contributed by atoms with van der Waals surface area (Å²) in [6.07, 6.45) is 0.776. The van der Waals surface area contributed by atoms with Crippen LogP contribution in [0.2, 0.25) is 0 Å². The second kappa shape index (κ2) is 8.84. The van der Waals surface area contributed by atoms with Gasteiger partial charge in [-0.05, 0) is 42.0 Å². The Balaban J connectivity index is 1.90. The summed E-state index contributed by atoms with van der Waals surface area (Å²) in [5.74, 6) is 1.10. The van der Waals surface area contributed by atoms with Gasteiger partial charge in [0.1, 0.15) is 12.4 Å². The molecule has 0 saturated carbocycles. The molecule has 0 radical (unpaired) electrons. The average Bonchev–Trinajstić information content (AvgIpc) is 3.04. The molecule has 0 spiro atoms. The summed E-state index contributed by atoms with van der Waals surface area (Å²) < 4.78 is 12.3. The van der Waals surface area contributed by atoms with E-state index in [0.29, 0.717) is 36.8 Å². The summed E-state index contributed by atoms with van der Waals surface area (Å²) in [6.45, 7) is 4.07. The number of aromatic nitrogens is 4. The minimum absolute atomic E-state index is 0.134. The molecule has 8 heteroatoms. The van der Waals surface area contributed by atoms with Gasteiger partial charge in [-0.25, -0.2) is 4.68 Å². The van der Waals surface area contributed by atoms with Crippen molar-refractivity contribution >= 4 is 5.91 Å². The fourth-order valence-electron chi connectivity index (χ4n) is 1.97. The first-order valence-corrected chi connectivity index (χ1v) is 7.49. The largest absolute Gasteiger partial charge is 0.486 e. The van der Waals surface area contributed by atoms with Crippen LogP contribution in [0, 0.1) is 0 Å². The van der Waals surface area contributed by atoms with Crippen molar-refractivity contribution in [1.82, 2.24) is 25.5 Å². The van der Waals surface area contributed by atoms with Crippen molar-refractivity contribution in [2.24, 2.45) is 0 Å². The summed E-state index contributed by atoms with van der Waals surface area (Å²) in [4.78, 5) is 12.0. The maximum Gasteiger partial charge on any atom is 0.251 e. The van der Waals surface area contributed by atoms with Crippen molar-refractivity contribution in [3.05, 3.63) is 35.7 Å². The van der Waals surface area contributed by atoms with Crippen molar-refractivity contribution in [1.29, 1.82) is 0 Å². The molecule has 2 rings (SSSR count). The maximum atomic E-state index is 12.0. The van der Waals surface area contributed by atoms with E-state index in [-0.39, 0.29) is 12.5 Å². The number of rotatable bonds is 9. The van der Waals surface area contributed by atoms with Crippen LogP contribution in [0.5, 0.6) is 5.75 Å². The summed E-state index contributed by atoms with van der Waals surface area (Å²) in [7, 11) is 1.64. The van der Waals surface area contributed by atoms with Gasteiger partial charge in [-0.3, -0.25) is 4.79 Å². The Hall–Kier alpha value is -2.48.